The molecule has 21 heavy (non-hydrogen) atoms. The van der Waals surface area contributed by atoms with Crippen LogP contribution in [0.5, 0.6) is 5.75 Å². The number of halogens is 1. The van der Waals surface area contributed by atoms with Crippen molar-refractivity contribution in [1.29, 1.82) is 0 Å². The number of benzene rings is 1. The summed E-state index contributed by atoms with van der Waals surface area (Å²) in [4.78, 5) is 2.25. The Morgan fingerprint density at radius 1 is 1.43 bits per heavy atom. The molecule has 0 bridgehead atoms. The molecule has 0 saturated heterocycles. The highest BCUT2D eigenvalue weighted by Gasteiger charge is 2.23. The summed E-state index contributed by atoms with van der Waals surface area (Å²) in [5, 5.41) is 11.8. The van der Waals surface area contributed by atoms with Crippen molar-refractivity contribution in [1.82, 2.24) is 4.90 Å². The highest BCUT2D eigenvalue weighted by Crippen LogP contribution is 2.23. The highest BCUT2D eigenvalue weighted by molar-refractivity contribution is 9.10. The molecule has 0 aliphatic heterocycles. The molecule has 1 aliphatic carbocycles. The lowest BCUT2D eigenvalue weighted by Gasteiger charge is -2.28. The van der Waals surface area contributed by atoms with Gasteiger partial charge in [0, 0.05) is 17.1 Å². The van der Waals surface area contributed by atoms with Crippen molar-refractivity contribution in [2.45, 2.75) is 31.7 Å². The van der Waals surface area contributed by atoms with Crippen LogP contribution in [-0.2, 0) is 0 Å². The van der Waals surface area contributed by atoms with Gasteiger partial charge in [0.1, 0.15) is 12.4 Å². The van der Waals surface area contributed by atoms with Crippen LogP contribution in [0.4, 0.5) is 0 Å². The second-order valence-corrected chi connectivity index (χ2v) is 6.22. The van der Waals surface area contributed by atoms with E-state index in [1.165, 1.54) is 25.7 Å². The van der Waals surface area contributed by atoms with E-state index in [2.05, 4.69) is 26.0 Å². The number of ether oxygens (including phenoxy) is 1. The van der Waals surface area contributed by atoms with Gasteiger partial charge >= 0.3 is 0 Å². The lowest BCUT2D eigenvalue weighted by Crippen LogP contribution is -2.42. The Hall–Kier alpha value is -1.27. The second kappa shape index (κ2) is 8.24. The van der Waals surface area contributed by atoms with Crippen molar-refractivity contribution in [3.63, 3.8) is 0 Å². The van der Waals surface area contributed by atoms with E-state index >= 15 is 0 Å². The Kier molecular flexibility index (Phi) is 6.32. The predicted molar refractivity (Wildman–Crippen MR) is 86.9 cm³/mol. The normalized spacial score (nSPS) is 16.6. The molecule has 6 heteroatoms. The molecule has 5 nitrogen and oxygen atoms in total. The van der Waals surface area contributed by atoms with Crippen LogP contribution in [0.25, 0.3) is 0 Å². The van der Waals surface area contributed by atoms with Gasteiger partial charge in [0.2, 0.25) is 0 Å². The van der Waals surface area contributed by atoms with Gasteiger partial charge in [-0.25, -0.2) is 0 Å². The maximum absolute atomic E-state index is 8.76. The van der Waals surface area contributed by atoms with Gasteiger partial charge in [-0.15, -0.1) is 0 Å². The van der Waals surface area contributed by atoms with E-state index in [0.717, 1.165) is 16.8 Å². The average molecular weight is 356 g/mol. The first-order valence-electron chi connectivity index (χ1n) is 7.28. The van der Waals surface area contributed by atoms with E-state index in [0.29, 0.717) is 19.2 Å². The molecule has 116 valence electrons. The van der Waals surface area contributed by atoms with Crippen molar-refractivity contribution in [2.24, 2.45) is 10.9 Å². The van der Waals surface area contributed by atoms with Gasteiger partial charge in [-0.2, -0.15) is 0 Å². The van der Waals surface area contributed by atoms with Crippen LogP contribution in [-0.4, -0.2) is 41.7 Å². The molecular formula is C15H22BrN3O2. The van der Waals surface area contributed by atoms with E-state index in [1.54, 1.807) is 0 Å². The van der Waals surface area contributed by atoms with Crippen molar-refractivity contribution in [3.05, 3.63) is 28.7 Å². The van der Waals surface area contributed by atoms with E-state index in [-0.39, 0.29) is 5.84 Å². The Morgan fingerprint density at radius 3 is 2.86 bits per heavy atom. The van der Waals surface area contributed by atoms with Gasteiger partial charge in [-0.05, 0) is 31.0 Å². The zero-order valence-electron chi connectivity index (χ0n) is 12.0. The van der Waals surface area contributed by atoms with Gasteiger partial charge in [0.15, 0.2) is 5.84 Å². The molecule has 0 amide bonds. The molecule has 3 N–H and O–H groups in total. The van der Waals surface area contributed by atoms with Crippen LogP contribution < -0.4 is 10.5 Å². The number of rotatable bonds is 7. The van der Waals surface area contributed by atoms with Crippen molar-refractivity contribution >= 4 is 21.8 Å². The average Bonchev–Trinajstić information content (AvgIpc) is 3.00. The van der Waals surface area contributed by atoms with Crippen LogP contribution >= 0.6 is 15.9 Å². The van der Waals surface area contributed by atoms with Crippen molar-refractivity contribution in [2.75, 3.05) is 19.7 Å². The van der Waals surface area contributed by atoms with E-state index < -0.39 is 0 Å². The molecule has 0 spiro atoms. The Bertz CT molecular complexity index is 476. The maximum atomic E-state index is 8.76. The molecule has 1 aromatic carbocycles. The molecule has 2 rings (SSSR count). The summed E-state index contributed by atoms with van der Waals surface area (Å²) in [6, 6.07) is 8.31. The van der Waals surface area contributed by atoms with Crippen LogP contribution in [0.2, 0.25) is 0 Å². The zero-order chi connectivity index (χ0) is 15.1. The minimum atomic E-state index is 0.254. The van der Waals surface area contributed by atoms with Gasteiger partial charge in [-0.1, -0.05) is 40.0 Å². The number of hydrogen-bond acceptors (Lipinski definition) is 4. The molecule has 1 fully saturated rings. The van der Waals surface area contributed by atoms with Crippen molar-refractivity contribution < 1.29 is 9.94 Å². The summed E-state index contributed by atoms with van der Waals surface area (Å²) < 4.78 is 6.78. The molecule has 0 aromatic heterocycles. The minimum Gasteiger partial charge on any atom is -0.492 e. The van der Waals surface area contributed by atoms with Crippen LogP contribution in [0, 0.1) is 0 Å². The first-order valence-corrected chi connectivity index (χ1v) is 8.07. The van der Waals surface area contributed by atoms with Gasteiger partial charge in [-0.3, -0.25) is 4.90 Å². The summed E-state index contributed by atoms with van der Waals surface area (Å²) in [6.07, 6.45) is 4.86. The predicted octanol–water partition coefficient (Wildman–Crippen LogP) is 2.82. The highest BCUT2D eigenvalue weighted by atomic mass is 79.9. The number of hydrogen-bond donors (Lipinski definition) is 2. The van der Waals surface area contributed by atoms with E-state index in [9.17, 15) is 0 Å². The number of nitrogens with zero attached hydrogens (tertiary/aromatic N) is 2. The molecule has 1 saturated carbocycles. The molecule has 0 unspecified atom stereocenters. The third-order valence-electron chi connectivity index (χ3n) is 3.78. The lowest BCUT2D eigenvalue weighted by atomic mass is 10.2. The Balaban J connectivity index is 1.86. The zero-order valence-corrected chi connectivity index (χ0v) is 13.6. The molecule has 0 radical (unpaired) electrons. The minimum absolute atomic E-state index is 0.254. The smallest absolute Gasteiger partial charge is 0.153 e. The largest absolute Gasteiger partial charge is 0.492 e. The molecule has 0 heterocycles. The maximum Gasteiger partial charge on any atom is 0.153 e. The quantitative estimate of drug-likeness (QED) is 0.341. The fraction of sp³-hybridized carbons (Fsp3) is 0.533. The van der Waals surface area contributed by atoms with Crippen LogP contribution in [0.1, 0.15) is 25.7 Å². The van der Waals surface area contributed by atoms with E-state index in [4.69, 9.17) is 15.7 Å². The Morgan fingerprint density at radius 2 is 2.19 bits per heavy atom. The first-order chi connectivity index (χ1) is 10.2. The summed E-state index contributed by atoms with van der Waals surface area (Å²) in [7, 11) is 0. The first kappa shape index (κ1) is 16.1. The summed E-state index contributed by atoms with van der Waals surface area (Å²) in [5.74, 6) is 1.10. The summed E-state index contributed by atoms with van der Waals surface area (Å²) in [5.41, 5.74) is 5.66. The summed E-state index contributed by atoms with van der Waals surface area (Å²) in [6.45, 7) is 1.85. The SMILES string of the molecule is NC(CN(CCOc1cccc(Br)c1)C1CCCC1)=NO. The van der Waals surface area contributed by atoms with Crippen LogP contribution in [0.15, 0.2) is 33.9 Å². The topological polar surface area (TPSA) is 71.1 Å². The monoisotopic (exact) mass is 355 g/mol. The van der Waals surface area contributed by atoms with Gasteiger partial charge in [0.25, 0.3) is 0 Å². The number of oxime groups is 1. The molecule has 1 aliphatic rings. The summed E-state index contributed by atoms with van der Waals surface area (Å²) >= 11 is 3.43. The van der Waals surface area contributed by atoms with Crippen LogP contribution in [0.3, 0.4) is 0 Å². The van der Waals surface area contributed by atoms with Gasteiger partial charge < -0.3 is 15.7 Å². The van der Waals surface area contributed by atoms with Gasteiger partial charge in [0.05, 0.1) is 6.54 Å². The third kappa shape index (κ3) is 5.21. The Labute approximate surface area is 133 Å². The standard InChI is InChI=1S/C15H22BrN3O2/c16-12-4-3-7-14(10-12)21-9-8-19(11-15(17)18-20)13-5-1-2-6-13/h3-4,7,10,13,20H,1-2,5-6,8-9,11H2,(H2,17,18). The fourth-order valence-electron chi connectivity index (χ4n) is 2.74. The van der Waals surface area contributed by atoms with Crippen molar-refractivity contribution in [3.8, 4) is 5.75 Å². The third-order valence-corrected chi connectivity index (χ3v) is 4.27. The number of amidine groups is 1. The lowest BCUT2D eigenvalue weighted by molar-refractivity contribution is 0.178. The molecular weight excluding hydrogens is 334 g/mol. The molecule has 1 aromatic rings. The second-order valence-electron chi connectivity index (χ2n) is 5.31. The fourth-order valence-corrected chi connectivity index (χ4v) is 3.12. The van der Waals surface area contributed by atoms with E-state index in [1.807, 2.05) is 24.3 Å². The number of nitrogens with two attached hydrogens (primary N) is 1. The molecule has 0 atom stereocenters.